The lowest BCUT2D eigenvalue weighted by Crippen LogP contribution is -2.25. The van der Waals surface area contributed by atoms with Crippen LogP contribution in [0.3, 0.4) is 0 Å². The Morgan fingerprint density at radius 1 is 1.20 bits per heavy atom. The highest BCUT2D eigenvalue weighted by Gasteiger charge is 2.28. The topological polar surface area (TPSA) is 84.4 Å². The number of anilines is 2. The number of thiazole rings is 1. The van der Waals surface area contributed by atoms with Crippen LogP contribution in [0.25, 0.3) is 0 Å². The molecule has 0 spiro atoms. The number of Topliss-reactive ketones (excluding diaryl/α,β-unsaturated/α-hetero) is 2. The number of pyridine rings is 1. The Hall–Kier alpha value is -3.33. The summed E-state index contributed by atoms with van der Waals surface area (Å²) in [6.07, 6.45) is 5.97. The van der Waals surface area contributed by atoms with E-state index in [2.05, 4.69) is 15.3 Å². The SMILES string of the molecule is CCC(=O)Cc1nc(C)c(C(=O)C[C@@H](C)c2ccc(O[C@@H]3CCN(c4ccnc(NCC5CC5)c4F)C3)cc2)s1. The van der Waals surface area contributed by atoms with Crippen molar-refractivity contribution in [2.24, 2.45) is 5.92 Å². The number of rotatable bonds is 13. The second-order valence-electron chi connectivity index (χ2n) is 11.0. The van der Waals surface area contributed by atoms with E-state index in [0.717, 1.165) is 30.8 Å². The van der Waals surface area contributed by atoms with Crippen molar-refractivity contribution in [3.8, 4) is 5.75 Å². The first kappa shape index (κ1) is 28.2. The van der Waals surface area contributed by atoms with Gasteiger partial charge in [0.1, 0.15) is 22.6 Å². The maximum absolute atomic E-state index is 15.1. The molecule has 1 aliphatic heterocycles. The van der Waals surface area contributed by atoms with Crippen molar-refractivity contribution in [3.05, 3.63) is 63.5 Å². The third-order valence-electron chi connectivity index (χ3n) is 7.69. The predicted molar refractivity (Wildman–Crippen MR) is 156 cm³/mol. The molecule has 5 rings (SSSR count). The third kappa shape index (κ3) is 6.86. The summed E-state index contributed by atoms with van der Waals surface area (Å²) in [6, 6.07) is 9.63. The van der Waals surface area contributed by atoms with Gasteiger partial charge in [-0.2, -0.15) is 0 Å². The number of ether oxygens (including phenoxy) is 1. The monoisotopic (exact) mass is 564 g/mol. The van der Waals surface area contributed by atoms with Gasteiger partial charge in [0, 0.05) is 38.5 Å². The summed E-state index contributed by atoms with van der Waals surface area (Å²) in [5.41, 5.74) is 2.32. The molecule has 1 N–H and O–H groups in total. The average Bonchev–Trinajstić information content (AvgIpc) is 3.54. The van der Waals surface area contributed by atoms with E-state index in [9.17, 15) is 9.59 Å². The zero-order valence-corrected chi connectivity index (χ0v) is 24.2. The molecule has 0 amide bonds. The van der Waals surface area contributed by atoms with Crippen molar-refractivity contribution in [2.45, 2.75) is 71.3 Å². The Balaban J connectivity index is 1.14. The molecule has 1 saturated heterocycles. The molecule has 0 bridgehead atoms. The summed E-state index contributed by atoms with van der Waals surface area (Å²) in [6.45, 7) is 7.81. The normalized spacial score (nSPS) is 17.6. The van der Waals surface area contributed by atoms with E-state index >= 15 is 4.39 Å². The van der Waals surface area contributed by atoms with Crippen LogP contribution in [0.1, 0.15) is 77.8 Å². The van der Waals surface area contributed by atoms with Crippen molar-refractivity contribution in [3.63, 3.8) is 0 Å². The molecular weight excluding hydrogens is 527 g/mol. The molecule has 0 unspecified atom stereocenters. The van der Waals surface area contributed by atoms with Crippen LogP contribution in [0.4, 0.5) is 15.9 Å². The molecule has 2 aromatic heterocycles. The van der Waals surface area contributed by atoms with Crippen LogP contribution in [0.2, 0.25) is 0 Å². The first-order valence-corrected chi connectivity index (χ1v) is 15.0. The first-order chi connectivity index (χ1) is 19.3. The number of ketones is 2. The van der Waals surface area contributed by atoms with Crippen LogP contribution in [0.5, 0.6) is 5.75 Å². The Kier molecular flexibility index (Phi) is 8.78. The molecule has 1 aliphatic carbocycles. The molecule has 40 heavy (non-hydrogen) atoms. The van der Waals surface area contributed by atoms with E-state index < -0.39 is 0 Å². The van der Waals surface area contributed by atoms with Gasteiger partial charge >= 0.3 is 0 Å². The maximum atomic E-state index is 15.1. The minimum absolute atomic E-state index is 0.0307. The molecule has 7 nitrogen and oxygen atoms in total. The quantitative estimate of drug-likeness (QED) is 0.242. The molecule has 212 valence electrons. The van der Waals surface area contributed by atoms with E-state index in [1.807, 2.05) is 49.9 Å². The maximum Gasteiger partial charge on any atom is 0.188 e. The second kappa shape index (κ2) is 12.5. The number of nitrogens with one attached hydrogen (secondary N) is 1. The van der Waals surface area contributed by atoms with Gasteiger partial charge in [-0.05, 0) is 55.4 Å². The van der Waals surface area contributed by atoms with Crippen LogP contribution in [-0.4, -0.2) is 47.3 Å². The average molecular weight is 565 g/mol. The summed E-state index contributed by atoms with van der Waals surface area (Å²) >= 11 is 1.34. The number of aryl methyl sites for hydroxylation is 1. The molecular formula is C31H37FN4O3S. The van der Waals surface area contributed by atoms with Crippen LogP contribution in [0.15, 0.2) is 36.5 Å². The number of carbonyl (C=O) groups is 2. The van der Waals surface area contributed by atoms with E-state index in [4.69, 9.17) is 4.74 Å². The van der Waals surface area contributed by atoms with Crippen molar-refractivity contribution in [1.29, 1.82) is 0 Å². The van der Waals surface area contributed by atoms with Gasteiger partial charge in [-0.1, -0.05) is 26.0 Å². The van der Waals surface area contributed by atoms with Gasteiger partial charge in [0.2, 0.25) is 0 Å². The minimum atomic E-state index is -0.295. The van der Waals surface area contributed by atoms with Crippen LogP contribution in [0, 0.1) is 18.7 Å². The summed E-state index contributed by atoms with van der Waals surface area (Å²) in [5, 5.41) is 3.87. The number of halogens is 1. The fourth-order valence-electron chi connectivity index (χ4n) is 5.04. The highest BCUT2D eigenvalue weighted by atomic mass is 32.1. The number of hydrogen-bond donors (Lipinski definition) is 1. The van der Waals surface area contributed by atoms with Crippen LogP contribution in [-0.2, 0) is 11.2 Å². The zero-order chi connectivity index (χ0) is 28.2. The molecule has 1 aromatic carbocycles. The molecule has 1 saturated carbocycles. The van der Waals surface area contributed by atoms with Gasteiger partial charge in [0.25, 0.3) is 0 Å². The molecule has 3 aromatic rings. The summed E-state index contributed by atoms with van der Waals surface area (Å²) < 4.78 is 21.3. The Morgan fingerprint density at radius 3 is 2.70 bits per heavy atom. The van der Waals surface area contributed by atoms with Crippen molar-refractivity contribution < 1.29 is 18.7 Å². The molecule has 9 heteroatoms. The fraction of sp³-hybridized carbons (Fsp3) is 0.484. The molecule has 2 aliphatic rings. The second-order valence-corrected chi connectivity index (χ2v) is 12.1. The Morgan fingerprint density at radius 2 is 1.98 bits per heavy atom. The zero-order valence-electron chi connectivity index (χ0n) is 23.4. The van der Waals surface area contributed by atoms with Crippen LogP contribution >= 0.6 is 11.3 Å². The van der Waals surface area contributed by atoms with Gasteiger partial charge in [0.15, 0.2) is 17.4 Å². The number of benzene rings is 1. The first-order valence-electron chi connectivity index (χ1n) is 14.2. The van der Waals surface area contributed by atoms with Gasteiger partial charge < -0.3 is 15.0 Å². The van der Waals surface area contributed by atoms with Crippen molar-refractivity contribution in [2.75, 3.05) is 29.9 Å². The Bertz CT molecular complexity index is 1360. The molecule has 0 radical (unpaired) electrons. The van der Waals surface area contributed by atoms with Crippen molar-refractivity contribution >= 4 is 34.4 Å². The summed E-state index contributed by atoms with van der Waals surface area (Å²) in [4.78, 5) is 36.1. The lowest BCUT2D eigenvalue weighted by atomic mass is 9.95. The summed E-state index contributed by atoms with van der Waals surface area (Å²) in [5.74, 6) is 1.65. The smallest absolute Gasteiger partial charge is 0.188 e. The number of hydrogen-bond acceptors (Lipinski definition) is 8. The number of carbonyl (C=O) groups excluding carboxylic acids is 2. The predicted octanol–water partition coefficient (Wildman–Crippen LogP) is 6.36. The largest absolute Gasteiger partial charge is 0.489 e. The lowest BCUT2D eigenvalue weighted by Gasteiger charge is -2.21. The lowest BCUT2D eigenvalue weighted by molar-refractivity contribution is -0.118. The number of nitrogens with zero attached hydrogens (tertiary/aromatic N) is 3. The van der Waals surface area contributed by atoms with Gasteiger partial charge in [-0.3, -0.25) is 9.59 Å². The molecule has 3 heterocycles. The van der Waals surface area contributed by atoms with Crippen LogP contribution < -0.4 is 15.0 Å². The van der Waals surface area contributed by atoms with E-state index in [1.54, 1.807) is 12.3 Å². The minimum Gasteiger partial charge on any atom is -0.489 e. The van der Waals surface area contributed by atoms with E-state index in [-0.39, 0.29) is 29.4 Å². The standard InChI is InChI=1S/C31H37FN4O3S/c1-4-23(37)16-28-35-20(3)30(40-28)27(38)15-19(2)22-7-9-24(10-8-22)39-25-12-14-36(18-25)26-11-13-33-31(29(26)32)34-17-21-5-6-21/h7-11,13,19,21,25H,4-6,12,14-18H2,1-3H3,(H,33,34)/t19-,25-/m1/s1. The fourth-order valence-corrected chi connectivity index (χ4v) is 6.09. The van der Waals surface area contributed by atoms with Gasteiger partial charge in [-0.15, -0.1) is 11.3 Å². The summed E-state index contributed by atoms with van der Waals surface area (Å²) in [7, 11) is 0. The molecule has 2 fully saturated rings. The number of aromatic nitrogens is 2. The van der Waals surface area contributed by atoms with Gasteiger partial charge in [-0.25, -0.2) is 14.4 Å². The van der Waals surface area contributed by atoms with E-state index in [1.165, 1.54) is 24.2 Å². The highest BCUT2D eigenvalue weighted by molar-refractivity contribution is 7.14. The van der Waals surface area contributed by atoms with E-state index in [0.29, 0.717) is 58.8 Å². The van der Waals surface area contributed by atoms with Crippen molar-refractivity contribution in [1.82, 2.24) is 9.97 Å². The molecule has 2 atom stereocenters. The third-order valence-corrected chi connectivity index (χ3v) is 8.89. The van der Waals surface area contributed by atoms with Gasteiger partial charge in [0.05, 0.1) is 29.2 Å². The Labute approximate surface area is 239 Å². The highest BCUT2D eigenvalue weighted by Crippen LogP contribution is 2.32.